The normalized spacial score (nSPS) is 22.7. The maximum Gasteiger partial charge on any atom is 0.138 e. The SMILES string of the molecule is Oc1cnccc1[C@H]1CCN1. The Hall–Kier alpha value is -1.09. The maximum absolute atomic E-state index is 9.34. The van der Waals surface area contributed by atoms with E-state index in [1.807, 2.05) is 6.07 Å². The molecule has 1 aromatic rings. The van der Waals surface area contributed by atoms with Crippen LogP contribution in [0.4, 0.5) is 0 Å². The van der Waals surface area contributed by atoms with E-state index in [2.05, 4.69) is 10.3 Å². The highest BCUT2D eigenvalue weighted by Crippen LogP contribution is 2.28. The number of nitrogens with zero attached hydrogens (tertiary/aromatic N) is 1. The molecule has 2 N–H and O–H groups in total. The highest BCUT2D eigenvalue weighted by Gasteiger charge is 2.20. The van der Waals surface area contributed by atoms with Gasteiger partial charge in [-0.1, -0.05) is 0 Å². The van der Waals surface area contributed by atoms with Gasteiger partial charge in [-0.3, -0.25) is 4.98 Å². The van der Waals surface area contributed by atoms with Crippen LogP contribution in [0.15, 0.2) is 18.5 Å². The summed E-state index contributed by atoms with van der Waals surface area (Å²) in [6.45, 7) is 1.05. The summed E-state index contributed by atoms with van der Waals surface area (Å²) in [5.74, 6) is 0.296. The van der Waals surface area contributed by atoms with Gasteiger partial charge in [0.2, 0.25) is 0 Å². The van der Waals surface area contributed by atoms with E-state index in [1.54, 1.807) is 6.20 Å². The molecule has 0 saturated carbocycles. The second-order valence-corrected chi connectivity index (χ2v) is 2.73. The number of aromatic nitrogens is 1. The lowest BCUT2D eigenvalue weighted by atomic mass is 9.98. The van der Waals surface area contributed by atoms with Gasteiger partial charge in [-0.15, -0.1) is 0 Å². The van der Waals surface area contributed by atoms with Crippen molar-refractivity contribution in [2.45, 2.75) is 12.5 Å². The van der Waals surface area contributed by atoms with Crippen LogP contribution in [0.3, 0.4) is 0 Å². The first-order chi connectivity index (χ1) is 5.38. The van der Waals surface area contributed by atoms with Crippen LogP contribution in [0, 0.1) is 0 Å². The van der Waals surface area contributed by atoms with E-state index < -0.39 is 0 Å². The first-order valence-electron chi connectivity index (χ1n) is 3.74. The molecule has 1 fully saturated rings. The Morgan fingerprint density at radius 2 is 2.45 bits per heavy atom. The zero-order chi connectivity index (χ0) is 7.68. The average molecular weight is 150 g/mol. The third kappa shape index (κ3) is 1.07. The van der Waals surface area contributed by atoms with Crippen molar-refractivity contribution in [1.29, 1.82) is 0 Å². The first kappa shape index (κ1) is 6.61. The van der Waals surface area contributed by atoms with Crippen LogP contribution in [-0.4, -0.2) is 16.6 Å². The maximum atomic E-state index is 9.34. The topological polar surface area (TPSA) is 45.2 Å². The molecule has 1 aliphatic rings. The van der Waals surface area contributed by atoms with Crippen molar-refractivity contribution < 1.29 is 5.11 Å². The molecule has 1 saturated heterocycles. The van der Waals surface area contributed by atoms with Gasteiger partial charge in [0.05, 0.1) is 6.20 Å². The minimum Gasteiger partial charge on any atom is -0.506 e. The van der Waals surface area contributed by atoms with Crippen molar-refractivity contribution >= 4 is 0 Å². The summed E-state index contributed by atoms with van der Waals surface area (Å²) in [7, 11) is 0. The van der Waals surface area contributed by atoms with Crippen molar-refractivity contribution in [2.24, 2.45) is 0 Å². The minimum atomic E-state index is 0.296. The first-order valence-corrected chi connectivity index (χ1v) is 3.74. The Labute approximate surface area is 65.1 Å². The third-order valence-corrected chi connectivity index (χ3v) is 2.03. The molecule has 2 heterocycles. The van der Waals surface area contributed by atoms with Crippen LogP contribution >= 0.6 is 0 Å². The fraction of sp³-hybridized carbons (Fsp3) is 0.375. The molecule has 0 radical (unpaired) electrons. The lowest BCUT2D eigenvalue weighted by Gasteiger charge is -2.28. The predicted octanol–water partition coefficient (Wildman–Crippen LogP) is 0.822. The smallest absolute Gasteiger partial charge is 0.138 e. The van der Waals surface area contributed by atoms with Gasteiger partial charge in [0.15, 0.2) is 0 Å². The largest absolute Gasteiger partial charge is 0.506 e. The summed E-state index contributed by atoms with van der Waals surface area (Å²) in [5.41, 5.74) is 0.964. The molecule has 0 spiro atoms. The molecule has 11 heavy (non-hydrogen) atoms. The van der Waals surface area contributed by atoms with Crippen LogP contribution < -0.4 is 5.32 Å². The minimum absolute atomic E-state index is 0.296. The monoisotopic (exact) mass is 150 g/mol. The Morgan fingerprint density at radius 3 is 3.00 bits per heavy atom. The Morgan fingerprint density at radius 1 is 1.64 bits per heavy atom. The molecule has 0 unspecified atom stereocenters. The number of aromatic hydroxyl groups is 1. The molecule has 3 nitrogen and oxygen atoms in total. The highest BCUT2D eigenvalue weighted by atomic mass is 16.3. The average Bonchev–Trinajstić information content (AvgIpc) is 1.90. The molecule has 58 valence electrons. The fourth-order valence-corrected chi connectivity index (χ4v) is 1.25. The Kier molecular flexibility index (Phi) is 1.51. The van der Waals surface area contributed by atoms with Gasteiger partial charge < -0.3 is 10.4 Å². The molecule has 3 heteroatoms. The van der Waals surface area contributed by atoms with Crippen LogP contribution in [0.1, 0.15) is 18.0 Å². The molecule has 1 aliphatic heterocycles. The van der Waals surface area contributed by atoms with E-state index >= 15 is 0 Å². The van der Waals surface area contributed by atoms with E-state index in [4.69, 9.17) is 0 Å². The van der Waals surface area contributed by atoms with Gasteiger partial charge in [-0.25, -0.2) is 0 Å². The molecular weight excluding hydrogens is 140 g/mol. The number of nitrogens with one attached hydrogen (secondary N) is 1. The van der Waals surface area contributed by atoms with Gasteiger partial charge in [0.25, 0.3) is 0 Å². The van der Waals surface area contributed by atoms with Gasteiger partial charge in [-0.2, -0.15) is 0 Å². The zero-order valence-corrected chi connectivity index (χ0v) is 6.12. The second kappa shape index (κ2) is 2.51. The Balaban J connectivity index is 2.28. The van der Waals surface area contributed by atoms with E-state index in [9.17, 15) is 5.11 Å². The van der Waals surface area contributed by atoms with Crippen molar-refractivity contribution in [3.63, 3.8) is 0 Å². The highest BCUT2D eigenvalue weighted by molar-refractivity contribution is 5.32. The van der Waals surface area contributed by atoms with Crippen LogP contribution in [0.2, 0.25) is 0 Å². The molecule has 2 rings (SSSR count). The van der Waals surface area contributed by atoms with E-state index in [0.717, 1.165) is 18.5 Å². The van der Waals surface area contributed by atoms with Crippen molar-refractivity contribution in [3.8, 4) is 5.75 Å². The molecule has 1 atom stereocenters. The summed E-state index contributed by atoms with van der Waals surface area (Å²) in [5, 5.41) is 12.6. The van der Waals surface area contributed by atoms with E-state index in [1.165, 1.54) is 6.20 Å². The van der Waals surface area contributed by atoms with Crippen LogP contribution in [0.25, 0.3) is 0 Å². The third-order valence-electron chi connectivity index (χ3n) is 2.03. The second-order valence-electron chi connectivity index (χ2n) is 2.73. The molecule has 0 aromatic carbocycles. The molecule has 0 amide bonds. The van der Waals surface area contributed by atoms with Gasteiger partial charge in [0.1, 0.15) is 5.75 Å². The lowest BCUT2D eigenvalue weighted by molar-refractivity contribution is 0.363. The molecule has 0 aliphatic carbocycles. The number of rotatable bonds is 1. The number of hydrogen-bond donors (Lipinski definition) is 2. The van der Waals surface area contributed by atoms with E-state index in [0.29, 0.717) is 11.8 Å². The number of pyridine rings is 1. The van der Waals surface area contributed by atoms with Crippen molar-refractivity contribution in [1.82, 2.24) is 10.3 Å². The lowest BCUT2D eigenvalue weighted by Crippen LogP contribution is -2.34. The summed E-state index contributed by atoms with van der Waals surface area (Å²) < 4.78 is 0. The van der Waals surface area contributed by atoms with Gasteiger partial charge >= 0.3 is 0 Å². The summed E-state index contributed by atoms with van der Waals surface area (Å²) in [6.07, 6.45) is 4.29. The summed E-state index contributed by atoms with van der Waals surface area (Å²) >= 11 is 0. The van der Waals surface area contributed by atoms with Crippen molar-refractivity contribution in [2.75, 3.05) is 6.54 Å². The standard InChI is InChI=1S/C8H10N2O/c11-8-5-9-3-1-6(8)7-2-4-10-7/h1,3,5,7,10-11H,2,4H2/t7-/m1/s1. The molecule has 0 bridgehead atoms. The quantitative estimate of drug-likeness (QED) is 0.623. The van der Waals surface area contributed by atoms with Crippen LogP contribution in [0.5, 0.6) is 5.75 Å². The summed E-state index contributed by atoms with van der Waals surface area (Å²) in [4.78, 5) is 3.81. The fourth-order valence-electron chi connectivity index (χ4n) is 1.25. The Bertz CT molecular complexity index is 258. The summed E-state index contributed by atoms with van der Waals surface area (Å²) in [6, 6.07) is 2.20. The molecular formula is C8H10N2O. The predicted molar refractivity (Wildman–Crippen MR) is 41.3 cm³/mol. The number of hydrogen-bond acceptors (Lipinski definition) is 3. The van der Waals surface area contributed by atoms with Gasteiger partial charge in [0, 0.05) is 17.8 Å². The van der Waals surface area contributed by atoms with E-state index in [-0.39, 0.29) is 0 Å². The zero-order valence-electron chi connectivity index (χ0n) is 6.12. The van der Waals surface area contributed by atoms with Crippen LogP contribution in [-0.2, 0) is 0 Å². The molecule has 1 aromatic heterocycles. The van der Waals surface area contributed by atoms with Gasteiger partial charge in [-0.05, 0) is 19.0 Å². The van der Waals surface area contributed by atoms with Crippen molar-refractivity contribution in [3.05, 3.63) is 24.0 Å².